The van der Waals surface area contributed by atoms with E-state index in [2.05, 4.69) is 36.1 Å². The molecule has 1 N–H and O–H groups in total. The number of nitrogens with zero attached hydrogens (tertiary/aromatic N) is 2. The number of rotatable bonds is 7. The zero-order valence-electron chi connectivity index (χ0n) is 13.4. The highest BCUT2D eigenvalue weighted by Crippen LogP contribution is 2.21. The average molecular weight is 277 g/mol. The van der Waals surface area contributed by atoms with Gasteiger partial charge in [0, 0.05) is 24.5 Å². The number of aryl methyl sites for hydroxylation is 2. The van der Waals surface area contributed by atoms with Crippen LogP contribution in [0.2, 0.25) is 0 Å². The number of hydrogen-bond donors (Lipinski definition) is 1. The molecule has 112 valence electrons. The van der Waals surface area contributed by atoms with E-state index in [1.807, 2.05) is 6.92 Å². The molecule has 0 spiro atoms. The predicted octanol–water partition coefficient (Wildman–Crippen LogP) is 2.73. The van der Waals surface area contributed by atoms with E-state index in [1.54, 1.807) is 7.11 Å². The molecule has 1 aliphatic carbocycles. The summed E-state index contributed by atoms with van der Waals surface area (Å²) in [5, 5.41) is 3.59. The Kier molecular flexibility index (Phi) is 5.11. The molecule has 20 heavy (non-hydrogen) atoms. The van der Waals surface area contributed by atoms with Crippen LogP contribution in [0, 0.1) is 19.8 Å². The molecular weight excluding hydrogens is 250 g/mol. The van der Waals surface area contributed by atoms with Crippen molar-refractivity contribution >= 4 is 0 Å². The summed E-state index contributed by atoms with van der Waals surface area (Å²) in [7, 11) is 1.69. The van der Waals surface area contributed by atoms with Crippen LogP contribution in [0.25, 0.3) is 0 Å². The van der Waals surface area contributed by atoms with Gasteiger partial charge in [-0.2, -0.15) is 0 Å². The fraction of sp³-hybridized carbons (Fsp3) is 0.750. The fourth-order valence-electron chi connectivity index (χ4n) is 2.42. The lowest BCUT2D eigenvalue weighted by molar-refractivity contribution is 0.111. The Morgan fingerprint density at radius 3 is 2.30 bits per heavy atom. The summed E-state index contributed by atoms with van der Waals surface area (Å²) in [4.78, 5) is 9.22. The maximum absolute atomic E-state index is 5.30. The first kappa shape index (κ1) is 15.4. The standard InChI is InChI=1S/C16H27N3O/c1-10(9-17-14-6-7-14)8-15-11(2)18-16(13(4)20-5)19-12(15)3/h10,13-14,17H,6-9H2,1-5H3. The highest BCUT2D eigenvalue weighted by atomic mass is 16.5. The Hall–Kier alpha value is -1.00. The van der Waals surface area contributed by atoms with Gasteiger partial charge in [0.2, 0.25) is 0 Å². The second kappa shape index (κ2) is 6.64. The van der Waals surface area contributed by atoms with Gasteiger partial charge < -0.3 is 10.1 Å². The minimum Gasteiger partial charge on any atom is -0.374 e. The van der Waals surface area contributed by atoms with Crippen molar-refractivity contribution in [2.45, 2.75) is 59.1 Å². The van der Waals surface area contributed by atoms with Crippen LogP contribution in [0.3, 0.4) is 0 Å². The molecule has 2 rings (SSSR count). The van der Waals surface area contributed by atoms with E-state index in [-0.39, 0.29) is 6.10 Å². The topological polar surface area (TPSA) is 47.0 Å². The van der Waals surface area contributed by atoms with E-state index in [1.165, 1.54) is 18.4 Å². The van der Waals surface area contributed by atoms with Crippen LogP contribution in [-0.4, -0.2) is 29.7 Å². The van der Waals surface area contributed by atoms with Crippen LogP contribution in [0.5, 0.6) is 0 Å². The molecule has 1 fully saturated rings. The number of aromatic nitrogens is 2. The van der Waals surface area contributed by atoms with Gasteiger partial charge in [-0.1, -0.05) is 6.92 Å². The summed E-state index contributed by atoms with van der Waals surface area (Å²) in [5.74, 6) is 1.40. The van der Waals surface area contributed by atoms with Gasteiger partial charge in [-0.15, -0.1) is 0 Å². The molecule has 2 atom stereocenters. The smallest absolute Gasteiger partial charge is 0.157 e. The van der Waals surface area contributed by atoms with E-state index in [0.29, 0.717) is 5.92 Å². The van der Waals surface area contributed by atoms with Crippen LogP contribution in [0.1, 0.15) is 55.6 Å². The summed E-state index contributed by atoms with van der Waals surface area (Å²) >= 11 is 0. The third kappa shape index (κ3) is 4.00. The molecule has 1 saturated carbocycles. The molecule has 1 aromatic rings. The lowest BCUT2D eigenvalue weighted by Crippen LogP contribution is -2.25. The SMILES string of the molecule is COC(C)c1nc(C)c(CC(C)CNC2CC2)c(C)n1. The van der Waals surface area contributed by atoms with Crippen molar-refractivity contribution in [3.05, 3.63) is 22.8 Å². The van der Waals surface area contributed by atoms with Gasteiger partial charge in [0.05, 0.1) is 0 Å². The van der Waals surface area contributed by atoms with Gasteiger partial charge in [-0.3, -0.25) is 0 Å². The van der Waals surface area contributed by atoms with E-state index >= 15 is 0 Å². The van der Waals surface area contributed by atoms with Gasteiger partial charge in [0.15, 0.2) is 5.82 Å². The van der Waals surface area contributed by atoms with Crippen LogP contribution >= 0.6 is 0 Å². The first-order valence-electron chi connectivity index (χ1n) is 7.61. The number of hydrogen-bond acceptors (Lipinski definition) is 4. The van der Waals surface area contributed by atoms with Gasteiger partial charge in [0.25, 0.3) is 0 Å². The lowest BCUT2D eigenvalue weighted by Gasteiger charge is -2.17. The maximum atomic E-state index is 5.30. The van der Waals surface area contributed by atoms with Crippen molar-refractivity contribution < 1.29 is 4.74 Å². The van der Waals surface area contributed by atoms with Crippen molar-refractivity contribution in [2.24, 2.45) is 5.92 Å². The first-order chi connectivity index (χ1) is 9.51. The summed E-state index contributed by atoms with van der Waals surface area (Å²) < 4.78 is 5.30. The number of nitrogens with one attached hydrogen (secondary N) is 1. The normalized spacial score (nSPS) is 18.1. The quantitative estimate of drug-likeness (QED) is 0.832. The van der Waals surface area contributed by atoms with Gasteiger partial charge in [0.1, 0.15) is 6.10 Å². The lowest BCUT2D eigenvalue weighted by atomic mass is 9.98. The number of ether oxygens (including phenoxy) is 1. The van der Waals surface area contributed by atoms with Crippen molar-refractivity contribution in [3.63, 3.8) is 0 Å². The Bertz CT molecular complexity index is 434. The molecule has 0 aliphatic heterocycles. The van der Waals surface area contributed by atoms with Crippen molar-refractivity contribution in [1.29, 1.82) is 0 Å². The molecule has 1 heterocycles. The third-order valence-electron chi connectivity index (χ3n) is 4.04. The van der Waals surface area contributed by atoms with Gasteiger partial charge >= 0.3 is 0 Å². The van der Waals surface area contributed by atoms with Gasteiger partial charge in [-0.25, -0.2) is 9.97 Å². The highest BCUT2D eigenvalue weighted by molar-refractivity contribution is 5.25. The Morgan fingerprint density at radius 2 is 1.80 bits per heavy atom. The van der Waals surface area contributed by atoms with E-state index in [4.69, 9.17) is 4.74 Å². The Balaban J connectivity index is 2.02. The third-order valence-corrected chi connectivity index (χ3v) is 4.04. The summed E-state index contributed by atoms with van der Waals surface area (Å²) in [6.45, 7) is 9.52. The first-order valence-corrected chi connectivity index (χ1v) is 7.61. The Morgan fingerprint density at radius 1 is 1.20 bits per heavy atom. The van der Waals surface area contributed by atoms with Crippen molar-refractivity contribution in [2.75, 3.05) is 13.7 Å². The molecule has 2 unspecified atom stereocenters. The molecule has 0 bridgehead atoms. The fourth-order valence-corrected chi connectivity index (χ4v) is 2.42. The second-order valence-corrected chi connectivity index (χ2v) is 6.10. The largest absolute Gasteiger partial charge is 0.374 e. The van der Waals surface area contributed by atoms with Gasteiger partial charge in [-0.05, 0) is 58.1 Å². The van der Waals surface area contributed by atoms with Crippen LogP contribution in [0.15, 0.2) is 0 Å². The summed E-state index contributed by atoms with van der Waals surface area (Å²) in [6.07, 6.45) is 3.68. The van der Waals surface area contributed by atoms with Crippen molar-refractivity contribution in [1.82, 2.24) is 15.3 Å². The van der Waals surface area contributed by atoms with Crippen LogP contribution < -0.4 is 5.32 Å². The molecule has 0 aromatic carbocycles. The van der Waals surface area contributed by atoms with E-state index in [9.17, 15) is 0 Å². The van der Waals surface area contributed by atoms with Crippen LogP contribution in [0.4, 0.5) is 0 Å². The molecule has 1 aliphatic rings. The minimum absolute atomic E-state index is 0.0459. The molecule has 4 heteroatoms. The molecule has 4 nitrogen and oxygen atoms in total. The zero-order chi connectivity index (χ0) is 14.7. The molecular formula is C16H27N3O. The average Bonchev–Trinajstić information content (AvgIpc) is 3.23. The van der Waals surface area contributed by atoms with E-state index < -0.39 is 0 Å². The maximum Gasteiger partial charge on any atom is 0.157 e. The van der Waals surface area contributed by atoms with E-state index in [0.717, 1.165) is 36.2 Å². The van der Waals surface area contributed by atoms with Crippen LogP contribution in [-0.2, 0) is 11.2 Å². The molecule has 1 aromatic heterocycles. The monoisotopic (exact) mass is 277 g/mol. The molecule has 0 saturated heterocycles. The molecule has 0 radical (unpaired) electrons. The summed E-state index contributed by atoms with van der Waals surface area (Å²) in [6, 6.07) is 0.779. The predicted molar refractivity (Wildman–Crippen MR) is 80.8 cm³/mol. The minimum atomic E-state index is -0.0459. The number of methoxy groups -OCH3 is 1. The second-order valence-electron chi connectivity index (χ2n) is 6.10. The van der Waals surface area contributed by atoms with Crippen molar-refractivity contribution in [3.8, 4) is 0 Å². The molecule has 0 amide bonds. The summed E-state index contributed by atoms with van der Waals surface area (Å²) in [5.41, 5.74) is 3.48. The Labute approximate surface area is 122 Å². The highest BCUT2D eigenvalue weighted by Gasteiger charge is 2.21. The zero-order valence-corrected chi connectivity index (χ0v) is 13.4.